The van der Waals surface area contributed by atoms with Crippen molar-refractivity contribution in [2.75, 3.05) is 13.7 Å². The van der Waals surface area contributed by atoms with E-state index in [2.05, 4.69) is 15.9 Å². The number of hydrogen-bond donors (Lipinski definition) is 0. The van der Waals surface area contributed by atoms with Gasteiger partial charge in [0.25, 0.3) is 0 Å². The zero-order valence-corrected chi connectivity index (χ0v) is 12.9. The molecule has 106 valence electrons. The van der Waals surface area contributed by atoms with Crippen LogP contribution in [-0.4, -0.2) is 19.5 Å². The van der Waals surface area contributed by atoms with Gasteiger partial charge < -0.3 is 9.47 Å². The molecule has 0 bridgehead atoms. The molecule has 0 aliphatic heterocycles. The Balaban J connectivity index is 2.12. The lowest BCUT2D eigenvalue weighted by molar-refractivity contribution is 0.0918. The molecule has 0 aromatic heterocycles. The number of ketones is 1. The van der Waals surface area contributed by atoms with Crippen molar-refractivity contribution < 1.29 is 14.3 Å². The number of benzene rings is 2. The SMILES string of the molecule is COc1cc(C#N)ccc1OCC(=O)c1ccccc1Br. The summed E-state index contributed by atoms with van der Waals surface area (Å²) in [4.78, 5) is 12.1. The van der Waals surface area contributed by atoms with Crippen LogP contribution in [0.25, 0.3) is 0 Å². The third-order valence-corrected chi connectivity index (χ3v) is 3.52. The molecule has 2 aromatic carbocycles. The predicted molar refractivity (Wildman–Crippen MR) is 81.7 cm³/mol. The maximum atomic E-state index is 12.1. The molecule has 2 rings (SSSR count). The number of rotatable bonds is 5. The summed E-state index contributed by atoms with van der Waals surface area (Å²) in [5, 5.41) is 8.84. The molecule has 4 nitrogen and oxygen atoms in total. The number of hydrogen-bond acceptors (Lipinski definition) is 4. The van der Waals surface area contributed by atoms with Crippen LogP contribution in [0, 0.1) is 11.3 Å². The van der Waals surface area contributed by atoms with Crippen molar-refractivity contribution in [3.8, 4) is 17.6 Å². The quantitative estimate of drug-likeness (QED) is 0.777. The third-order valence-electron chi connectivity index (χ3n) is 2.83. The van der Waals surface area contributed by atoms with Crippen LogP contribution < -0.4 is 9.47 Å². The van der Waals surface area contributed by atoms with Gasteiger partial charge in [-0.2, -0.15) is 5.26 Å². The minimum atomic E-state index is -0.145. The van der Waals surface area contributed by atoms with Crippen molar-refractivity contribution in [3.63, 3.8) is 0 Å². The second-order valence-corrected chi connectivity index (χ2v) is 5.02. The van der Waals surface area contributed by atoms with E-state index in [4.69, 9.17) is 14.7 Å². The number of carbonyl (C=O) groups excluding carboxylic acids is 1. The van der Waals surface area contributed by atoms with E-state index in [9.17, 15) is 4.79 Å². The van der Waals surface area contributed by atoms with Crippen LogP contribution in [-0.2, 0) is 0 Å². The largest absolute Gasteiger partial charge is 0.493 e. The normalized spacial score (nSPS) is 9.76. The van der Waals surface area contributed by atoms with Crippen LogP contribution in [0.4, 0.5) is 0 Å². The first-order valence-electron chi connectivity index (χ1n) is 6.14. The topological polar surface area (TPSA) is 59.3 Å². The fourth-order valence-electron chi connectivity index (χ4n) is 1.76. The Hall–Kier alpha value is -2.32. The lowest BCUT2D eigenvalue weighted by Crippen LogP contribution is -2.12. The second-order valence-electron chi connectivity index (χ2n) is 4.17. The second kappa shape index (κ2) is 6.91. The van der Waals surface area contributed by atoms with Gasteiger partial charge in [-0.1, -0.05) is 34.1 Å². The molecule has 2 aromatic rings. The highest BCUT2D eigenvalue weighted by Crippen LogP contribution is 2.28. The molecule has 0 saturated carbocycles. The summed E-state index contributed by atoms with van der Waals surface area (Å²) in [7, 11) is 1.49. The van der Waals surface area contributed by atoms with Crippen molar-refractivity contribution in [1.82, 2.24) is 0 Å². The van der Waals surface area contributed by atoms with Crippen molar-refractivity contribution >= 4 is 21.7 Å². The number of carbonyl (C=O) groups is 1. The zero-order valence-electron chi connectivity index (χ0n) is 11.3. The summed E-state index contributed by atoms with van der Waals surface area (Å²) in [6.45, 7) is -0.106. The van der Waals surface area contributed by atoms with Crippen LogP contribution in [0.5, 0.6) is 11.5 Å². The van der Waals surface area contributed by atoms with E-state index in [1.54, 1.807) is 36.4 Å². The van der Waals surface area contributed by atoms with Crippen molar-refractivity contribution in [3.05, 3.63) is 58.1 Å². The van der Waals surface area contributed by atoms with E-state index in [0.29, 0.717) is 22.6 Å². The smallest absolute Gasteiger partial charge is 0.201 e. The number of nitrogens with zero attached hydrogens (tertiary/aromatic N) is 1. The fourth-order valence-corrected chi connectivity index (χ4v) is 2.27. The van der Waals surface area contributed by atoms with Crippen molar-refractivity contribution in [2.24, 2.45) is 0 Å². The van der Waals surface area contributed by atoms with Crippen LogP contribution in [0.3, 0.4) is 0 Å². The number of halogens is 1. The van der Waals surface area contributed by atoms with Gasteiger partial charge in [0, 0.05) is 16.1 Å². The molecule has 0 atom stereocenters. The van der Waals surface area contributed by atoms with Gasteiger partial charge in [0.2, 0.25) is 5.78 Å². The van der Waals surface area contributed by atoms with Crippen LogP contribution >= 0.6 is 15.9 Å². The maximum Gasteiger partial charge on any atom is 0.201 e. The highest BCUT2D eigenvalue weighted by atomic mass is 79.9. The third kappa shape index (κ3) is 3.61. The Morgan fingerprint density at radius 3 is 2.67 bits per heavy atom. The summed E-state index contributed by atoms with van der Waals surface area (Å²) in [6.07, 6.45) is 0. The molecule has 5 heteroatoms. The van der Waals surface area contributed by atoms with Gasteiger partial charge in [0.05, 0.1) is 18.7 Å². The molecule has 0 saturated heterocycles. The summed E-state index contributed by atoms with van der Waals surface area (Å²) < 4.78 is 11.4. The fraction of sp³-hybridized carbons (Fsp3) is 0.125. The molecule has 0 radical (unpaired) electrons. The van der Waals surface area contributed by atoms with E-state index in [1.807, 2.05) is 12.1 Å². The number of methoxy groups -OCH3 is 1. The molecule has 0 unspecified atom stereocenters. The van der Waals surface area contributed by atoms with Gasteiger partial charge >= 0.3 is 0 Å². The summed E-state index contributed by atoms with van der Waals surface area (Å²) in [5.41, 5.74) is 1.03. The lowest BCUT2D eigenvalue weighted by Gasteiger charge is -2.10. The Morgan fingerprint density at radius 1 is 1.24 bits per heavy atom. The standard InChI is InChI=1S/C16H12BrNO3/c1-20-16-8-11(9-18)6-7-15(16)21-10-14(19)12-4-2-3-5-13(12)17/h2-8H,10H2,1H3. The van der Waals surface area contributed by atoms with E-state index in [0.717, 1.165) is 4.47 Å². The Labute approximate surface area is 131 Å². The molecular formula is C16H12BrNO3. The van der Waals surface area contributed by atoms with Crippen LogP contribution in [0.15, 0.2) is 46.9 Å². The first-order chi connectivity index (χ1) is 10.2. The zero-order chi connectivity index (χ0) is 15.2. The highest BCUT2D eigenvalue weighted by molar-refractivity contribution is 9.10. The molecular weight excluding hydrogens is 334 g/mol. The van der Waals surface area contributed by atoms with E-state index < -0.39 is 0 Å². The molecule has 0 N–H and O–H groups in total. The maximum absolute atomic E-state index is 12.1. The Morgan fingerprint density at radius 2 is 2.00 bits per heavy atom. The first kappa shape index (κ1) is 15.1. The summed E-state index contributed by atoms with van der Waals surface area (Å²) in [6, 6.07) is 14.0. The van der Waals surface area contributed by atoms with Crippen molar-refractivity contribution in [1.29, 1.82) is 5.26 Å². The van der Waals surface area contributed by atoms with Gasteiger partial charge in [-0.25, -0.2) is 0 Å². The van der Waals surface area contributed by atoms with Gasteiger partial charge in [-0.15, -0.1) is 0 Å². The molecule has 0 aliphatic rings. The average molecular weight is 346 g/mol. The Bertz CT molecular complexity index is 707. The van der Waals surface area contributed by atoms with Gasteiger partial charge in [0.15, 0.2) is 18.1 Å². The predicted octanol–water partition coefficient (Wildman–Crippen LogP) is 3.59. The average Bonchev–Trinajstić information content (AvgIpc) is 2.52. The Kier molecular flexibility index (Phi) is 4.96. The van der Waals surface area contributed by atoms with Crippen LogP contribution in [0.2, 0.25) is 0 Å². The minimum Gasteiger partial charge on any atom is -0.493 e. The minimum absolute atomic E-state index is 0.106. The van der Waals surface area contributed by atoms with Gasteiger partial charge in [-0.3, -0.25) is 4.79 Å². The number of Topliss-reactive ketones (excluding diaryl/α,β-unsaturated/α-hetero) is 1. The molecule has 0 fully saturated rings. The van der Waals surface area contributed by atoms with Crippen LogP contribution in [0.1, 0.15) is 15.9 Å². The lowest BCUT2D eigenvalue weighted by atomic mass is 10.1. The molecule has 0 heterocycles. The van der Waals surface area contributed by atoms with Gasteiger partial charge in [-0.05, 0) is 18.2 Å². The van der Waals surface area contributed by atoms with E-state index >= 15 is 0 Å². The first-order valence-corrected chi connectivity index (χ1v) is 6.93. The summed E-state index contributed by atoms with van der Waals surface area (Å²) >= 11 is 3.33. The van der Waals surface area contributed by atoms with Gasteiger partial charge in [0.1, 0.15) is 0 Å². The number of nitriles is 1. The van der Waals surface area contributed by atoms with E-state index in [-0.39, 0.29) is 12.4 Å². The highest BCUT2D eigenvalue weighted by Gasteiger charge is 2.12. The molecule has 0 aliphatic carbocycles. The van der Waals surface area contributed by atoms with Crippen molar-refractivity contribution in [2.45, 2.75) is 0 Å². The number of ether oxygens (including phenoxy) is 2. The molecule has 0 spiro atoms. The monoisotopic (exact) mass is 345 g/mol. The molecule has 0 amide bonds. The van der Waals surface area contributed by atoms with E-state index in [1.165, 1.54) is 7.11 Å². The molecule has 21 heavy (non-hydrogen) atoms. The summed E-state index contributed by atoms with van der Waals surface area (Å²) in [5.74, 6) is 0.708.